The van der Waals surface area contributed by atoms with Crippen LogP contribution in [0.4, 0.5) is 5.69 Å². The number of amides is 1. The minimum absolute atomic E-state index is 0.339. The minimum atomic E-state index is -0.584. The van der Waals surface area contributed by atoms with Gasteiger partial charge >= 0.3 is 5.97 Å². The number of anilines is 1. The fourth-order valence-corrected chi connectivity index (χ4v) is 2.83. The summed E-state index contributed by atoms with van der Waals surface area (Å²) in [4.78, 5) is 35.9. The number of fused-ring (bicyclic) bond motifs is 1. The van der Waals surface area contributed by atoms with E-state index in [1.165, 1.54) is 11.8 Å². The van der Waals surface area contributed by atoms with Crippen LogP contribution in [-0.4, -0.2) is 33.4 Å². The summed E-state index contributed by atoms with van der Waals surface area (Å²) in [7, 11) is 0. The Labute approximate surface area is 166 Å². The highest BCUT2D eigenvalue weighted by atomic mass is 16.5. The van der Waals surface area contributed by atoms with Crippen LogP contribution in [0, 0.1) is 6.92 Å². The van der Waals surface area contributed by atoms with Gasteiger partial charge in [-0.15, -0.1) is 0 Å². The lowest BCUT2D eigenvalue weighted by Crippen LogP contribution is -2.20. The summed E-state index contributed by atoms with van der Waals surface area (Å²) in [5, 5.41) is 2.61. The van der Waals surface area contributed by atoms with Crippen LogP contribution >= 0.6 is 0 Å². The number of benzene rings is 2. The molecule has 4 aromatic rings. The number of carbonyl (C=O) groups is 2. The molecule has 0 spiro atoms. The average Bonchev–Trinajstić information content (AvgIpc) is 3.16. The minimum Gasteiger partial charge on any atom is -0.452 e. The number of aromatic nitrogens is 3. The highest BCUT2D eigenvalue weighted by Gasteiger charge is 2.13. The van der Waals surface area contributed by atoms with Gasteiger partial charge in [-0.05, 0) is 37.3 Å². The summed E-state index contributed by atoms with van der Waals surface area (Å²) in [5.41, 5.74) is 4.47. The number of nitrogens with zero attached hydrogens (tertiary/aromatic N) is 2. The number of esters is 1. The van der Waals surface area contributed by atoms with Crippen LogP contribution in [0.5, 0.6) is 0 Å². The predicted octanol–water partition coefficient (Wildman–Crippen LogP) is 3.73. The zero-order chi connectivity index (χ0) is 20.2. The molecule has 7 heteroatoms. The lowest BCUT2D eigenvalue weighted by Gasteiger charge is -2.06. The second kappa shape index (κ2) is 7.93. The molecular formula is C22H18N4O3. The van der Waals surface area contributed by atoms with E-state index in [4.69, 9.17) is 4.74 Å². The van der Waals surface area contributed by atoms with Crippen molar-refractivity contribution in [1.29, 1.82) is 0 Å². The normalized spacial score (nSPS) is 10.7. The Morgan fingerprint density at radius 3 is 2.69 bits per heavy atom. The molecular weight excluding hydrogens is 368 g/mol. The van der Waals surface area contributed by atoms with Gasteiger partial charge in [-0.1, -0.05) is 29.8 Å². The van der Waals surface area contributed by atoms with E-state index in [0.717, 1.165) is 22.4 Å². The molecule has 0 bridgehead atoms. The highest BCUT2D eigenvalue weighted by Crippen LogP contribution is 2.22. The van der Waals surface area contributed by atoms with Crippen molar-refractivity contribution in [2.75, 3.05) is 11.9 Å². The molecule has 0 atom stereocenters. The summed E-state index contributed by atoms with van der Waals surface area (Å²) < 4.78 is 5.11. The second-order valence-corrected chi connectivity index (χ2v) is 6.55. The number of pyridine rings is 1. The molecule has 0 aliphatic heterocycles. The highest BCUT2D eigenvalue weighted by molar-refractivity contribution is 5.97. The third kappa shape index (κ3) is 4.30. The second-order valence-electron chi connectivity index (χ2n) is 6.55. The Hall–Kier alpha value is -4.00. The van der Waals surface area contributed by atoms with Gasteiger partial charge in [0, 0.05) is 11.8 Å². The molecule has 2 aromatic heterocycles. The summed E-state index contributed by atoms with van der Waals surface area (Å²) in [5.74, 6) is -0.295. The smallest absolute Gasteiger partial charge is 0.338 e. The number of imidazole rings is 1. The fraction of sp³-hybridized carbons (Fsp3) is 0.0909. The van der Waals surface area contributed by atoms with Gasteiger partial charge in [0.05, 0.1) is 28.5 Å². The van der Waals surface area contributed by atoms with E-state index in [1.54, 1.807) is 36.5 Å². The average molecular weight is 386 g/mol. The van der Waals surface area contributed by atoms with E-state index in [2.05, 4.69) is 20.3 Å². The molecule has 2 N–H and O–H groups in total. The van der Waals surface area contributed by atoms with Gasteiger partial charge in [0.2, 0.25) is 0 Å². The molecule has 0 aliphatic carbocycles. The molecule has 0 radical (unpaired) electrons. The molecule has 0 saturated heterocycles. The van der Waals surface area contributed by atoms with Crippen molar-refractivity contribution in [3.63, 3.8) is 0 Å². The summed E-state index contributed by atoms with van der Waals surface area (Å²) in [6.07, 6.45) is 3.11. The molecule has 1 amide bonds. The summed E-state index contributed by atoms with van der Waals surface area (Å²) in [6, 6.07) is 16.5. The van der Waals surface area contributed by atoms with Crippen LogP contribution in [-0.2, 0) is 9.53 Å². The Balaban J connectivity index is 1.44. The first kappa shape index (κ1) is 18.4. The molecule has 2 heterocycles. The first-order chi connectivity index (χ1) is 14.1. The maximum atomic E-state index is 12.3. The monoisotopic (exact) mass is 386 g/mol. The lowest BCUT2D eigenvalue weighted by atomic mass is 10.1. The van der Waals surface area contributed by atoms with Crippen molar-refractivity contribution in [3.05, 3.63) is 78.1 Å². The molecule has 0 unspecified atom stereocenters. The third-order valence-corrected chi connectivity index (χ3v) is 4.32. The number of rotatable bonds is 5. The van der Waals surface area contributed by atoms with E-state index < -0.39 is 11.9 Å². The first-order valence-electron chi connectivity index (χ1n) is 9.02. The van der Waals surface area contributed by atoms with Gasteiger partial charge in [0.15, 0.2) is 6.61 Å². The van der Waals surface area contributed by atoms with Crippen molar-refractivity contribution < 1.29 is 14.3 Å². The van der Waals surface area contributed by atoms with Crippen LogP contribution in [0.2, 0.25) is 0 Å². The fourth-order valence-electron chi connectivity index (χ4n) is 2.83. The number of aromatic amines is 1. The zero-order valence-electron chi connectivity index (χ0n) is 15.7. The molecule has 0 aliphatic rings. The van der Waals surface area contributed by atoms with Gasteiger partial charge in [-0.3, -0.25) is 9.78 Å². The van der Waals surface area contributed by atoms with E-state index in [9.17, 15) is 9.59 Å². The lowest BCUT2D eigenvalue weighted by molar-refractivity contribution is -0.119. The predicted molar refractivity (Wildman–Crippen MR) is 109 cm³/mol. The van der Waals surface area contributed by atoms with E-state index in [0.29, 0.717) is 11.3 Å². The number of ether oxygens (including phenoxy) is 1. The number of hydrogen-bond acceptors (Lipinski definition) is 5. The summed E-state index contributed by atoms with van der Waals surface area (Å²) >= 11 is 0. The van der Waals surface area contributed by atoms with Crippen molar-refractivity contribution in [2.45, 2.75) is 6.92 Å². The standard InChI is InChI=1S/C22H18N4O3/c1-14-4-6-15(7-5-14)21-25-18-9-8-16(11-19(18)26-21)22(28)29-13-20(27)24-17-3-2-10-23-12-17/h2-12H,13H2,1H3,(H,24,27)(H,25,26). The van der Waals surface area contributed by atoms with Gasteiger partial charge in [-0.25, -0.2) is 9.78 Å². The van der Waals surface area contributed by atoms with Gasteiger partial charge in [0.25, 0.3) is 5.91 Å². The topological polar surface area (TPSA) is 97.0 Å². The van der Waals surface area contributed by atoms with E-state index in [-0.39, 0.29) is 6.61 Å². The molecule has 4 rings (SSSR count). The number of nitrogens with one attached hydrogen (secondary N) is 2. The number of hydrogen-bond donors (Lipinski definition) is 2. The van der Waals surface area contributed by atoms with Gasteiger partial charge < -0.3 is 15.0 Å². The Kier molecular flexibility index (Phi) is 5.03. The van der Waals surface area contributed by atoms with Crippen molar-refractivity contribution in [1.82, 2.24) is 15.0 Å². The molecule has 7 nitrogen and oxygen atoms in total. The van der Waals surface area contributed by atoms with E-state index >= 15 is 0 Å². The van der Waals surface area contributed by atoms with Gasteiger partial charge in [-0.2, -0.15) is 0 Å². The Morgan fingerprint density at radius 1 is 1.10 bits per heavy atom. The molecule has 0 fully saturated rings. The molecule has 29 heavy (non-hydrogen) atoms. The van der Waals surface area contributed by atoms with Crippen molar-refractivity contribution in [3.8, 4) is 11.4 Å². The number of H-pyrrole nitrogens is 1. The third-order valence-electron chi connectivity index (χ3n) is 4.32. The Morgan fingerprint density at radius 2 is 1.93 bits per heavy atom. The number of carbonyl (C=O) groups excluding carboxylic acids is 2. The molecule has 2 aromatic carbocycles. The largest absolute Gasteiger partial charge is 0.452 e. The van der Waals surface area contributed by atoms with Crippen molar-refractivity contribution >= 4 is 28.6 Å². The Bertz CT molecular complexity index is 1170. The zero-order valence-corrected chi connectivity index (χ0v) is 15.7. The van der Waals surface area contributed by atoms with Crippen LogP contribution in [0.3, 0.4) is 0 Å². The van der Waals surface area contributed by atoms with Crippen molar-refractivity contribution in [2.24, 2.45) is 0 Å². The molecule has 144 valence electrons. The van der Waals surface area contributed by atoms with E-state index in [1.807, 2.05) is 31.2 Å². The quantitative estimate of drug-likeness (QED) is 0.510. The number of aryl methyl sites for hydroxylation is 1. The first-order valence-corrected chi connectivity index (χ1v) is 9.02. The maximum absolute atomic E-state index is 12.3. The van der Waals surface area contributed by atoms with Crippen LogP contribution in [0.25, 0.3) is 22.4 Å². The maximum Gasteiger partial charge on any atom is 0.338 e. The van der Waals surface area contributed by atoms with Crippen LogP contribution < -0.4 is 5.32 Å². The SMILES string of the molecule is Cc1ccc(-c2nc3ccc(C(=O)OCC(=O)Nc4cccnc4)cc3[nH]2)cc1. The van der Waals surface area contributed by atoms with Crippen LogP contribution in [0.1, 0.15) is 15.9 Å². The molecule has 0 saturated carbocycles. The van der Waals surface area contributed by atoms with Crippen LogP contribution in [0.15, 0.2) is 67.0 Å². The summed E-state index contributed by atoms with van der Waals surface area (Å²) in [6.45, 7) is 1.64. The van der Waals surface area contributed by atoms with Gasteiger partial charge in [0.1, 0.15) is 5.82 Å².